The molecular formula is C18H21ClF3IN4O. The maximum atomic E-state index is 12.1. The Kier molecular flexibility index (Phi) is 10.4. The monoisotopic (exact) mass is 528 g/mol. The van der Waals surface area contributed by atoms with Gasteiger partial charge in [-0.25, -0.2) is 4.98 Å². The molecule has 0 radical (unpaired) electrons. The van der Waals surface area contributed by atoms with Gasteiger partial charge in [0.25, 0.3) is 0 Å². The van der Waals surface area contributed by atoms with Crippen molar-refractivity contribution < 1.29 is 17.9 Å². The van der Waals surface area contributed by atoms with E-state index in [1.54, 1.807) is 13.1 Å². The van der Waals surface area contributed by atoms with Crippen molar-refractivity contribution in [1.82, 2.24) is 15.6 Å². The van der Waals surface area contributed by atoms with E-state index in [1.807, 2.05) is 24.3 Å². The summed E-state index contributed by atoms with van der Waals surface area (Å²) >= 11 is 6.12. The third-order valence-corrected chi connectivity index (χ3v) is 3.88. The molecule has 0 saturated heterocycles. The van der Waals surface area contributed by atoms with Crippen LogP contribution >= 0.6 is 35.6 Å². The van der Waals surface area contributed by atoms with Crippen molar-refractivity contribution in [3.05, 3.63) is 58.7 Å². The van der Waals surface area contributed by atoms with Crippen LogP contribution in [0, 0.1) is 0 Å². The smallest absolute Gasteiger partial charge is 0.422 e. The Morgan fingerprint density at radius 3 is 2.54 bits per heavy atom. The Morgan fingerprint density at radius 2 is 1.93 bits per heavy atom. The van der Waals surface area contributed by atoms with Gasteiger partial charge in [0.1, 0.15) is 0 Å². The fraction of sp³-hybridized carbons (Fsp3) is 0.333. The van der Waals surface area contributed by atoms with Gasteiger partial charge < -0.3 is 15.4 Å². The lowest BCUT2D eigenvalue weighted by molar-refractivity contribution is -0.154. The third-order valence-electron chi connectivity index (χ3n) is 3.51. The van der Waals surface area contributed by atoms with Crippen molar-refractivity contribution in [2.24, 2.45) is 4.99 Å². The Morgan fingerprint density at radius 1 is 1.18 bits per heavy atom. The van der Waals surface area contributed by atoms with Crippen LogP contribution in [0.2, 0.25) is 5.02 Å². The zero-order chi connectivity index (χ0) is 19.7. The summed E-state index contributed by atoms with van der Waals surface area (Å²) in [4.78, 5) is 7.98. The molecule has 0 spiro atoms. The fourth-order valence-corrected chi connectivity index (χ4v) is 2.41. The molecule has 0 atom stereocenters. The normalized spacial score (nSPS) is 11.5. The van der Waals surface area contributed by atoms with E-state index in [4.69, 9.17) is 11.6 Å². The summed E-state index contributed by atoms with van der Waals surface area (Å²) in [5.74, 6) is 0.526. The molecule has 0 aliphatic heterocycles. The van der Waals surface area contributed by atoms with E-state index in [-0.39, 0.29) is 29.9 Å². The predicted molar refractivity (Wildman–Crippen MR) is 115 cm³/mol. The molecule has 2 aromatic rings. The van der Waals surface area contributed by atoms with Gasteiger partial charge in [-0.05, 0) is 23.6 Å². The van der Waals surface area contributed by atoms with E-state index in [0.717, 1.165) is 22.6 Å². The topological polar surface area (TPSA) is 58.5 Å². The van der Waals surface area contributed by atoms with Crippen LogP contribution in [0.3, 0.4) is 0 Å². The summed E-state index contributed by atoms with van der Waals surface area (Å²) in [6.45, 7) is -0.302. The van der Waals surface area contributed by atoms with E-state index in [2.05, 4.69) is 25.3 Å². The van der Waals surface area contributed by atoms with E-state index >= 15 is 0 Å². The van der Waals surface area contributed by atoms with Crippen LogP contribution in [-0.2, 0) is 13.0 Å². The van der Waals surface area contributed by atoms with Gasteiger partial charge in [0.05, 0.1) is 0 Å². The van der Waals surface area contributed by atoms with E-state index in [9.17, 15) is 13.2 Å². The Hall–Kier alpha value is -1.75. The number of hydrogen-bond acceptors (Lipinski definition) is 3. The van der Waals surface area contributed by atoms with E-state index in [1.165, 1.54) is 12.3 Å². The van der Waals surface area contributed by atoms with Crippen molar-refractivity contribution in [2.75, 3.05) is 20.2 Å². The van der Waals surface area contributed by atoms with Crippen molar-refractivity contribution in [3.63, 3.8) is 0 Å². The van der Waals surface area contributed by atoms with Crippen LogP contribution < -0.4 is 15.4 Å². The number of alkyl halides is 3. The van der Waals surface area contributed by atoms with Gasteiger partial charge in [-0.2, -0.15) is 13.2 Å². The Bertz CT molecular complexity index is 757. The van der Waals surface area contributed by atoms with Gasteiger partial charge in [-0.3, -0.25) is 4.99 Å². The Balaban J connectivity index is 0.00000392. The number of hydrogen-bond donors (Lipinski definition) is 2. The number of pyridine rings is 1. The van der Waals surface area contributed by atoms with E-state index < -0.39 is 12.8 Å². The zero-order valence-electron chi connectivity index (χ0n) is 15.1. The number of nitrogens with one attached hydrogen (secondary N) is 2. The molecule has 0 fully saturated rings. The fourth-order valence-electron chi connectivity index (χ4n) is 2.18. The lowest BCUT2D eigenvalue weighted by Gasteiger charge is -2.13. The minimum absolute atomic E-state index is 0. The summed E-state index contributed by atoms with van der Waals surface area (Å²) in [5, 5.41) is 7.00. The molecule has 10 heteroatoms. The highest BCUT2D eigenvalue weighted by Gasteiger charge is 2.28. The highest BCUT2D eigenvalue weighted by atomic mass is 127. The molecule has 0 aliphatic carbocycles. The minimum atomic E-state index is -4.38. The number of rotatable bonds is 7. The second-order valence-corrected chi connectivity index (χ2v) is 6.01. The van der Waals surface area contributed by atoms with Crippen LogP contribution in [0.4, 0.5) is 13.2 Å². The molecule has 0 saturated carbocycles. The SMILES string of the molecule is CN=C(NCCc1ccccc1Cl)NCc1ccc(OCC(F)(F)F)nc1.I. The third kappa shape index (κ3) is 8.96. The van der Waals surface area contributed by atoms with Gasteiger partial charge in [0, 0.05) is 37.4 Å². The quantitative estimate of drug-likeness (QED) is 0.321. The summed E-state index contributed by atoms with van der Waals surface area (Å²) < 4.78 is 40.9. The van der Waals surface area contributed by atoms with Crippen LogP contribution in [0.15, 0.2) is 47.6 Å². The lowest BCUT2D eigenvalue weighted by Crippen LogP contribution is -2.37. The highest BCUT2D eigenvalue weighted by Crippen LogP contribution is 2.17. The number of aromatic nitrogens is 1. The second-order valence-electron chi connectivity index (χ2n) is 5.60. The molecule has 2 N–H and O–H groups in total. The summed E-state index contributed by atoms with van der Waals surface area (Å²) in [6.07, 6.45) is -2.19. The molecule has 2 rings (SSSR count). The number of nitrogens with zero attached hydrogens (tertiary/aromatic N) is 2. The molecule has 1 heterocycles. The van der Waals surface area contributed by atoms with Crippen molar-refractivity contribution >= 4 is 41.5 Å². The zero-order valence-corrected chi connectivity index (χ0v) is 18.2. The standard InChI is InChI=1S/C18H20ClF3N4O.HI/c1-23-17(24-9-8-14-4-2-3-5-15(14)19)26-11-13-6-7-16(25-10-13)27-12-18(20,21)22;/h2-7,10H,8-9,11-12H2,1H3,(H2,23,24,26);1H. The van der Waals surface area contributed by atoms with Crippen LogP contribution in [0.25, 0.3) is 0 Å². The average Bonchev–Trinajstić information content (AvgIpc) is 2.64. The first kappa shape index (κ1) is 24.3. The second kappa shape index (κ2) is 11.9. The van der Waals surface area contributed by atoms with Gasteiger partial charge in [0.15, 0.2) is 12.6 Å². The maximum absolute atomic E-state index is 12.1. The van der Waals surface area contributed by atoms with Crippen LogP contribution in [0.5, 0.6) is 5.88 Å². The summed E-state index contributed by atoms with van der Waals surface area (Å²) in [7, 11) is 1.65. The minimum Gasteiger partial charge on any atom is -0.468 e. The highest BCUT2D eigenvalue weighted by molar-refractivity contribution is 14.0. The van der Waals surface area contributed by atoms with Crippen molar-refractivity contribution in [1.29, 1.82) is 0 Å². The van der Waals surface area contributed by atoms with Gasteiger partial charge in [-0.15, -0.1) is 24.0 Å². The van der Waals surface area contributed by atoms with Crippen molar-refractivity contribution in [3.8, 4) is 5.88 Å². The van der Waals surface area contributed by atoms with Gasteiger partial charge >= 0.3 is 6.18 Å². The van der Waals surface area contributed by atoms with Crippen LogP contribution in [0.1, 0.15) is 11.1 Å². The molecule has 0 bridgehead atoms. The molecule has 0 amide bonds. The molecule has 154 valence electrons. The number of guanidine groups is 1. The molecule has 5 nitrogen and oxygen atoms in total. The first-order valence-corrected chi connectivity index (χ1v) is 8.57. The molecule has 28 heavy (non-hydrogen) atoms. The van der Waals surface area contributed by atoms with Gasteiger partial charge in [0.2, 0.25) is 5.88 Å². The molecule has 1 aromatic heterocycles. The number of benzene rings is 1. The van der Waals surface area contributed by atoms with Gasteiger partial charge in [-0.1, -0.05) is 35.9 Å². The molecule has 0 unspecified atom stereocenters. The first-order chi connectivity index (χ1) is 12.9. The maximum Gasteiger partial charge on any atom is 0.422 e. The number of halogens is 5. The summed E-state index contributed by atoms with van der Waals surface area (Å²) in [6, 6.07) is 10.7. The average molecular weight is 529 g/mol. The van der Waals surface area contributed by atoms with Crippen LogP contribution in [-0.4, -0.2) is 37.3 Å². The largest absolute Gasteiger partial charge is 0.468 e. The van der Waals surface area contributed by atoms with Crippen molar-refractivity contribution in [2.45, 2.75) is 19.1 Å². The molecule has 0 aliphatic rings. The Labute approximate surface area is 183 Å². The van der Waals surface area contributed by atoms with E-state index in [0.29, 0.717) is 19.0 Å². The number of aliphatic imine (C=N–C) groups is 1. The first-order valence-electron chi connectivity index (χ1n) is 8.20. The lowest BCUT2D eigenvalue weighted by atomic mass is 10.1. The molecular weight excluding hydrogens is 508 g/mol. The summed E-state index contributed by atoms with van der Waals surface area (Å²) in [5.41, 5.74) is 1.82. The predicted octanol–water partition coefficient (Wildman–Crippen LogP) is 4.20. The number of ether oxygens (including phenoxy) is 1. The molecule has 1 aromatic carbocycles.